The van der Waals surface area contributed by atoms with Gasteiger partial charge in [0, 0.05) is 0 Å². The number of ether oxygens (including phenoxy) is 2. The van der Waals surface area contributed by atoms with Gasteiger partial charge in [0.2, 0.25) is 0 Å². The van der Waals surface area contributed by atoms with Gasteiger partial charge in [0.1, 0.15) is 6.10 Å². The minimum Gasteiger partial charge on any atom is -0.457 e. The van der Waals surface area contributed by atoms with E-state index in [4.69, 9.17) is 9.47 Å². The molecule has 2 fully saturated rings. The maximum atomic E-state index is 11.8. The average Bonchev–Trinajstić information content (AvgIpc) is 2.62. The van der Waals surface area contributed by atoms with E-state index in [1.54, 1.807) is 0 Å². The zero-order chi connectivity index (χ0) is 13.3. The Balaban J connectivity index is 1.53. The maximum Gasteiger partial charge on any atom is 0.315 e. The van der Waals surface area contributed by atoms with Gasteiger partial charge in [0.05, 0.1) is 18.6 Å². The molecule has 4 heteroatoms. The summed E-state index contributed by atoms with van der Waals surface area (Å²) in [5.74, 6) is -0.250. The molecule has 1 saturated heterocycles. The number of carbonyl (C=O) groups is 1. The molecule has 1 N–H and O–H groups in total. The summed E-state index contributed by atoms with van der Waals surface area (Å²) in [5.41, 5.74) is 0.445. The topological polar surface area (TPSA) is 55.8 Å². The summed E-state index contributed by atoms with van der Waals surface area (Å²) in [6, 6.07) is 9.81. The van der Waals surface area contributed by atoms with Crippen molar-refractivity contribution in [1.82, 2.24) is 0 Å². The van der Waals surface area contributed by atoms with Gasteiger partial charge >= 0.3 is 5.97 Å². The van der Waals surface area contributed by atoms with E-state index in [2.05, 4.69) is 0 Å². The van der Waals surface area contributed by atoms with Crippen LogP contribution in [0.4, 0.5) is 0 Å². The number of benzene rings is 1. The summed E-state index contributed by atoms with van der Waals surface area (Å²) in [7, 11) is 0. The molecule has 19 heavy (non-hydrogen) atoms. The van der Waals surface area contributed by atoms with Gasteiger partial charge in [-0.15, -0.1) is 0 Å². The third-order valence-electron chi connectivity index (χ3n) is 4.22. The Morgan fingerprint density at radius 1 is 1.32 bits per heavy atom. The normalized spacial score (nSPS) is 28.2. The van der Waals surface area contributed by atoms with Gasteiger partial charge in [-0.05, 0) is 18.4 Å². The Morgan fingerprint density at radius 3 is 2.63 bits per heavy atom. The fourth-order valence-corrected chi connectivity index (χ4v) is 2.85. The van der Waals surface area contributed by atoms with Crippen molar-refractivity contribution < 1.29 is 19.4 Å². The van der Waals surface area contributed by atoms with Crippen molar-refractivity contribution in [3.05, 3.63) is 35.9 Å². The van der Waals surface area contributed by atoms with E-state index in [0.717, 1.165) is 24.8 Å². The lowest BCUT2D eigenvalue weighted by Gasteiger charge is -2.36. The Bertz CT molecular complexity index is 452. The van der Waals surface area contributed by atoms with Crippen molar-refractivity contribution in [3.63, 3.8) is 0 Å². The van der Waals surface area contributed by atoms with Crippen molar-refractivity contribution in [2.75, 3.05) is 6.61 Å². The Hall–Kier alpha value is -1.39. The van der Waals surface area contributed by atoms with Gasteiger partial charge in [-0.3, -0.25) is 4.79 Å². The van der Waals surface area contributed by atoms with E-state index in [-0.39, 0.29) is 12.6 Å². The molecule has 2 aliphatic rings. The molecule has 1 aromatic rings. The molecule has 0 radical (unpaired) electrons. The molecule has 0 aromatic heterocycles. The van der Waals surface area contributed by atoms with Crippen LogP contribution in [0.3, 0.4) is 0 Å². The van der Waals surface area contributed by atoms with Gasteiger partial charge in [-0.25, -0.2) is 0 Å². The van der Waals surface area contributed by atoms with Crippen LogP contribution in [0.2, 0.25) is 0 Å². The van der Waals surface area contributed by atoms with Crippen LogP contribution in [0, 0.1) is 5.41 Å². The largest absolute Gasteiger partial charge is 0.457 e. The molecule has 1 spiro atoms. The monoisotopic (exact) mass is 262 g/mol. The lowest BCUT2D eigenvalue weighted by molar-refractivity contribution is -0.154. The van der Waals surface area contributed by atoms with Crippen LogP contribution in [0.1, 0.15) is 24.8 Å². The molecule has 1 aromatic carbocycles. The lowest BCUT2D eigenvalue weighted by Crippen LogP contribution is -2.45. The number of hydrogen-bond acceptors (Lipinski definition) is 4. The molecule has 0 bridgehead atoms. The van der Waals surface area contributed by atoms with Crippen molar-refractivity contribution in [1.29, 1.82) is 0 Å². The fourth-order valence-electron chi connectivity index (χ4n) is 2.85. The molecular weight excluding hydrogens is 244 g/mol. The van der Waals surface area contributed by atoms with Crippen LogP contribution in [-0.4, -0.2) is 29.9 Å². The number of aliphatic hydroxyl groups is 1. The van der Waals surface area contributed by atoms with E-state index in [0.29, 0.717) is 6.61 Å². The first kappa shape index (κ1) is 12.6. The number of aliphatic hydroxyl groups excluding tert-OH is 1. The first-order valence-corrected chi connectivity index (χ1v) is 6.73. The Morgan fingerprint density at radius 2 is 2.05 bits per heavy atom. The summed E-state index contributed by atoms with van der Waals surface area (Å²) < 4.78 is 10.8. The van der Waals surface area contributed by atoms with E-state index in [9.17, 15) is 9.90 Å². The van der Waals surface area contributed by atoms with Crippen LogP contribution in [0.5, 0.6) is 0 Å². The molecule has 2 atom stereocenters. The number of hydrogen-bond donors (Lipinski definition) is 1. The Kier molecular flexibility index (Phi) is 3.29. The zero-order valence-electron chi connectivity index (χ0n) is 10.7. The highest BCUT2D eigenvalue weighted by Gasteiger charge is 2.59. The third kappa shape index (κ3) is 2.15. The predicted molar refractivity (Wildman–Crippen MR) is 68.3 cm³/mol. The molecule has 1 heterocycles. The van der Waals surface area contributed by atoms with Gasteiger partial charge in [0.15, 0.2) is 6.10 Å². The molecule has 0 amide bonds. The molecule has 0 unspecified atom stereocenters. The first-order chi connectivity index (χ1) is 9.22. The first-order valence-electron chi connectivity index (χ1n) is 6.73. The molecule has 1 saturated carbocycles. The lowest BCUT2D eigenvalue weighted by atomic mass is 9.65. The van der Waals surface area contributed by atoms with E-state index in [1.165, 1.54) is 0 Å². The van der Waals surface area contributed by atoms with Crippen molar-refractivity contribution in [3.8, 4) is 0 Å². The molecular formula is C15H18O4. The highest BCUT2D eigenvalue weighted by molar-refractivity contribution is 5.81. The Labute approximate surface area is 112 Å². The molecule has 102 valence electrons. The van der Waals surface area contributed by atoms with Gasteiger partial charge in [0.25, 0.3) is 0 Å². The van der Waals surface area contributed by atoms with E-state index in [1.807, 2.05) is 30.3 Å². The summed E-state index contributed by atoms with van der Waals surface area (Å²) in [6.07, 6.45) is 1.23. The van der Waals surface area contributed by atoms with Crippen LogP contribution in [0.15, 0.2) is 30.3 Å². The predicted octanol–water partition coefficient (Wildman–Crippen LogP) is 1.66. The van der Waals surface area contributed by atoms with Crippen LogP contribution < -0.4 is 0 Å². The van der Waals surface area contributed by atoms with Crippen molar-refractivity contribution >= 4 is 5.97 Å². The third-order valence-corrected chi connectivity index (χ3v) is 4.22. The van der Waals surface area contributed by atoms with Gasteiger partial charge in [-0.1, -0.05) is 36.8 Å². The summed E-state index contributed by atoms with van der Waals surface area (Å²) >= 11 is 0. The molecule has 1 aliphatic heterocycles. The quantitative estimate of drug-likeness (QED) is 0.838. The minimum absolute atomic E-state index is 0.250. The average molecular weight is 262 g/mol. The molecule has 1 aliphatic carbocycles. The second-order valence-electron chi connectivity index (χ2n) is 5.40. The highest BCUT2D eigenvalue weighted by atomic mass is 16.6. The van der Waals surface area contributed by atoms with Crippen molar-refractivity contribution in [2.45, 2.75) is 38.1 Å². The maximum absolute atomic E-state index is 11.8. The van der Waals surface area contributed by atoms with Crippen LogP contribution >= 0.6 is 0 Å². The summed E-state index contributed by atoms with van der Waals surface area (Å²) in [5, 5.41) is 10.2. The van der Waals surface area contributed by atoms with E-state index >= 15 is 0 Å². The molecule has 3 rings (SSSR count). The van der Waals surface area contributed by atoms with Crippen molar-refractivity contribution in [2.24, 2.45) is 5.41 Å². The van der Waals surface area contributed by atoms with E-state index < -0.39 is 17.6 Å². The standard InChI is InChI=1S/C15H18O4/c16-13-12(19-14(17)15(13)7-4-8-15)10-18-9-11-5-2-1-3-6-11/h1-3,5-6,12-13,16H,4,7-10H2/t12-,13-/m1/s1. The highest BCUT2D eigenvalue weighted by Crippen LogP contribution is 2.50. The fraction of sp³-hybridized carbons (Fsp3) is 0.533. The number of cyclic esters (lactones) is 1. The summed E-state index contributed by atoms with van der Waals surface area (Å²) in [6.45, 7) is 0.720. The number of carbonyl (C=O) groups excluding carboxylic acids is 1. The smallest absolute Gasteiger partial charge is 0.315 e. The van der Waals surface area contributed by atoms with Crippen LogP contribution in [0.25, 0.3) is 0 Å². The summed E-state index contributed by atoms with van der Waals surface area (Å²) in [4.78, 5) is 11.8. The van der Waals surface area contributed by atoms with Gasteiger partial charge in [-0.2, -0.15) is 0 Å². The SMILES string of the molecule is O=C1O[C@H](COCc2ccccc2)[C@@H](O)C12CCC2. The zero-order valence-corrected chi connectivity index (χ0v) is 10.7. The van der Waals surface area contributed by atoms with Crippen LogP contribution in [-0.2, 0) is 20.9 Å². The minimum atomic E-state index is -0.718. The molecule has 4 nitrogen and oxygen atoms in total. The second-order valence-corrected chi connectivity index (χ2v) is 5.40. The van der Waals surface area contributed by atoms with Gasteiger partial charge < -0.3 is 14.6 Å². The number of esters is 1. The second kappa shape index (κ2) is 4.94. The number of rotatable bonds is 4.